The number of rotatable bonds is 20. The standard InChI is InChI=1S/C26H40F6O2/c27-25(28,29)19-13-7-3-1-5-9-15-21-33-23-17-11-12-18-24(23)34-22-16-10-6-2-4-8-14-20-26(30,31)32/h11-12,17-18H,1-10,13-16,19-22H2. The molecule has 2 nitrogen and oxygen atoms in total. The minimum Gasteiger partial charge on any atom is -0.490 e. The minimum atomic E-state index is -4.04. The van der Waals surface area contributed by atoms with Gasteiger partial charge in [0.2, 0.25) is 0 Å². The second kappa shape index (κ2) is 17.8. The van der Waals surface area contributed by atoms with Gasteiger partial charge in [-0.2, -0.15) is 26.3 Å². The van der Waals surface area contributed by atoms with Gasteiger partial charge in [-0.25, -0.2) is 0 Å². The van der Waals surface area contributed by atoms with Gasteiger partial charge in [0.05, 0.1) is 13.2 Å². The van der Waals surface area contributed by atoms with Crippen molar-refractivity contribution in [3.63, 3.8) is 0 Å². The summed E-state index contributed by atoms with van der Waals surface area (Å²) in [4.78, 5) is 0. The van der Waals surface area contributed by atoms with Crippen LogP contribution in [0.25, 0.3) is 0 Å². The van der Waals surface area contributed by atoms with Crippen molar-refractivity contribution in [2.24, 2.45) is 0 Å². The van der Waals surface area contributed by atoms with E-state index in [0.717, 1.165) is 64.2 Å². The lowest BCUT2D eigenvalue weighted by Crippen LogP contribution is -2.06. The third-order valence-electron chi connectivity index (χ3n) is 5.57. The van der Waals surface area contributed by atoms with E-state index < -0.39 is 25.2 Å². The smallest absolute Gasteiger partial charge is 0.389 e. The average molecular weight is 499 g/mol. The third-order valence-corrected chi connectivity index (χ3v) is 5.57. The molecule has 1 aromatic carbocycles. The number of halogens is 6. The number of benzene rings is 1. The van der Waals surface area contributed by atoms with E-state index in [0.29, 0.717) is 37.6 Å². The van der Waals surface area contributed by atoms with Crippen LogP contribution in [0.1, 0.15) is 103 Å². The highest BCUT2D eigenvalue weighted by Gasteiger charge is 2.26. The second-order valence-corrected chi connectivity index (χ2v) is 8.82. The van der Waals surface area contributed by atoms with Crippen molar-refractivity contribution in [3.8, 4) is 11.5 Å². The summed E-state index contributed by atoms with van der Waals surface area (Å²) in [5, 5.41) is 0. The first-order valence-electron chi connectivity index (χ1n) is 12.7. The van der Waals surface area contributed by atoms with E-state index in [2.05, 4.69) is 0 Å². The third kappa shape index (κ3) is 18.8. The van der Waals surface area contributed by atoms with E-state index in [-0.39, 0.29) is 12.8 Å². The average Bonchev–Trinajstić information content (AvgIpc) is 2.75. The molecule has 0 saturated heterocycles. The molecule has 0 amide bonds. The summed E-state index contributed by atoms with van der Waals surface area (Å²) in [5.74, 6) is 1.42. The molecular formula is C26H40F6O2. The van der Waals surface area contributed by atoms with Crippen LogP contribution < -0.4 is 9.47 Å². The van der Waals surface area contributed by atoms with Crippen LogP contribution in [0.4, 0.5) is 26.3 Å². The Morgan fingerprint density at radius 3 is 1.06 bits per heavy atom. The Bertz CT molecular complexity index is 563. The molecule has 34 heavy (non-hydrogen) atoms. The summed E-state index contributed by atoms with van der Waals surface area (Å²) < 4.78 is 84.2. The number of para-hydroxylation sites is 2. The quantitative estimate of drug-likeness (QED) is 0.132. The zero-order chi connectivity index (χ0) is 25.1. The zero-order valence-corrected chi connectivity index (χ0v) is 20.1. The van der Waals surface area contributed by atoms with Crippen molar-refractivity contribution in [1.82, 2.24) is 0 Å². The van der Waals surface area contributed by atoms with Gasteiger partial charge in [0, 0.05) is 12.8 Å². The highest BCUT2D eigenvalue weighted by molar-refractivity contribution is 5.39. The van der Waals surface area contributed by atoms with E-state index in [1.54, 1.807) is 0 Å². The Labute approximate surface area is 200 Å². The van der Waals surface area contributed by atoms with Gasteiger partial charge in [-0.15, -0.1) is 0 Å². The fourth-order valence-electron chi connectivity index (χ4n) is 3.68. The molecule has 0 unspecified atom stereocenters. The number of hydrogen-bond donors (Lipinski definition) is 0. The fraction of sp³-hybridized carbons (Fsp3) is 0.769. The Balaban J connectivity index is 2.02. The van der Waals surface area contributed by atoms with E-state index >= 15 is 0 Å². The van der Waals surface area contributed by atoms with Gasteiger partial charge in [0.25, 0.3) is 0 Å². The molecule has 198 valence electrons. The molecule has 8 heteroatoms. The fourth-order valence-corrected chi connectivity index (χ4v) is 3.68. The molecule has 0 bridgehead atoms. The van der Waals surface area contributed by atoms with Crippen LogP contribution in [0.5, 0.6) is 11.5 Å². The first-order valence-corrected chi connectivity index (χ1v) is 12.7. The normalized spacial score (nSPS) is 12.2. The molecular weight excluding hydrogens is 458 g/mol. The maximum atomic E-state index is 12.1. The molecule has 0 aliphatic heterocycles. The van der Waals surface area contributed by atoms with Crippen LogP contribution in [-0.2, 0) is 0 Å². The lowest BCUT2D eigenvalue weighted by atomic mass is 10.1. The molecule has 0 fully saturated rings. The van der Waals surface area contributed by atoms with Crippen LogP contribution in [0.15, 0.2) is 24.3 Å². The monoisotopic (exact) mass is 498 g/mol. The number of hydrogen-bond acceptors (Lipinski definition) is 2. The van der Waals surface area contributed by atoms with Crippen molar-refractivity contribution in [3.05, 3.63) is 24.3 Å². The minimum absolute atomic E-state index is 0.217. The van der Waals surface area contributed by atoms with Gasteiger partial charge < -0.3 is 9.47 Å². The molecule has 1 aromatic rings. The maximum Gasteiger partial charge on any atom is 0.389 e. The van der Waals surface area contributed by atoms with Gasteiger partial charge in [0.1, 0.15) is 0 Å². The SMILES string of the molecule is FC(F)(F)CCCCCCCCCOc1ccccc1OCCCCCCCCCC(F)(F)F. The molecule has 0 aromatic heterocycles. The highest BCUT2D eigenvalue weighted by atomic mass is 19.4. The summed E-state index contributed by atoms with van der Waals surface area (Å²) in [5.41, 5.74) is 0. The summed E-state index contributed by atoms with van der Waals surface area (Å²) in [6.45, 7) is 1.14. The van der Waals surface area contributed by atoms with Crippen LogP contribution in [0.3, 0.4) is 0 Å². The molecule has 0 atom stereocenters. The van der Waals surface area contributed by atoms with Crippen molar-refractivity contribution >= 4 is 0 Å². The van der Waals surface area contributed by atoms with Gasteiger partial charge in [0.15, 0.2) is 11.5 Å². The van der Waals surface area contributed by atoms with Crippen molar-refractivity contribution < 1.29 is 35.8 Å². The molecule has 0 aliphatic carbocycles. The maximum absolute atomic E-state index is 12.1. The predicted molar refractivity (Wildman–Crippen MR) is 123 cm³/mol. The zero-order valence-electron chi connectivity index (χ0n) is 20.1. The topological polar surface area (TPSA) is 18.5 Å². The molecule has 0 N–H and O–H groups in total. The van der Waals surface area contributed by atoms with Crippen LogP contribution in [0, 0.1) is 0 Å². The van der Waals surface area contributed by atoms with E-state index in [1.165, 1.54) is 0 Å². The summed E-state index contributed by atoms with van der Waals surface area (Å²) >= 11 is 0. The molecule has 0 spiro atoms. The number of alkyl halides is 6. The Hall–Kier alpha value is -1.60. The Morgan fingerprint density at radius 1 is 0.441 bits per heavy atom. The summed E-state index contributed by atoms with van der Waals surface area (Å²) in [6.07, 6.45) is 1.56. The Morgan fingerprint density at radius 2 is 0.735 bits per heavy atom. The van der Waals surface area contributed by atoms with Crippen molar-refractivity contribution in [2.75, 3.05) is 13.2 Å². The Kier molecular flexibility index (Phi) is 15.9. The van der Waals surface area contributed by atoms with Crippen LogP contribution in [-0.4, -0.2) is 25.6 Å². The van der Waals surface area contributed by atoms with Gasteiger partial charge in [-0.3, -0.25) is 0 Å². The molecule has 0 radical (unpaired) electrons. The van der Waals surface area contributed by atoms with E-state index in [9.17, 15) is 26.3 Å². The van der Waals surface area contributed by atoms with Crippen molar-refractivity contribution in [2.45, 2.75) is 115 Å². The van der Waals surface area contributed by atoms with Crippen LogP contribution in [0.2, 0.25) is 0 Å². The van der Waals surface area contributed by atoms with Gasteiger partial charge in [-0.05, 0) is 37.8 Å². The lowest BCUT2D eigenvalue weighted by molar-refractivity contribution is -0.136. The summed E-state index contributed by atoms with van der Waals surface area (Å²) in [6, 6.07) is 7.53. The molecule has 0 heterocycles. The number of ether oxygens (including phenoxy) is 2. The van der Waals surface area contributed by atoms with Crippen LogP contribution >= 0.6 is 0 Å². The lowest BCUT2D eigenvalue weighted by Gasteiger charge is -2.12. The number of unbranched alkanes of at least 4 members (excludes halogenated alkanes) is 12. The molecule has 0 aliphatic rings. The first kappa shape index (κ1) is 30.4. The highest BCUT2D eigenvalue weighted by Crippen LogP contribution is 2.27. The van der Waals surface area contributed by atoms with E-state index in [1.807, 2.05) is 24.3 Å². The largest absolute Gasteiger partial charge is 0.490 e. The second-order valence-electron chi connectivity index (χ2n) is 8.82. The molecule has 1 rings (SSSR count). The van der Waals surface area contributed by atoms with Crippen molar-refractivity contribution in [1.29, 1.82) is 0 Å². The van der Waals surface area contributed by atoms with Gasteiger partial charge >= 0.3 is 12.4 Å². The van der Waals surface area contributed by atoms with Gasteiger partial charge in [-0.1, -0.05) is 76.3 Å². The summed E-state index contributed by atoms with van der Waals surface area (Å²) in [7, 11) is 0. The van der Waals surface area contributed by atoms with E-state index in [4.69, 9.17) is 9.47 Å². The first-order chi connectivity index (χ1) is 16.2. The molecule has 0 saturated carbocycles. The predicted octanol–water partition coefficient (Wildman–Crippen LogP) is 9.81.